The Morgan fingerprint density at radius 2 is 2.21 bits per heavy atom. The van der Waals surface area contributed by atoms with Gasteiger partial charge in [-0.15, -0.1) is 12.4 Å². The van der Waals surface area contributed by atoms with Gasteiger partial charge in [-0.05, 0) is 44.0 Å². The molecule has 1 fully saturated rings. The van der Waals surface area contributed by atoms with Crippen LogP contribution in [0.15, 0.2) is 18.2 Å². The molecule has 1 aromatic carbocycles. The fourth-order valence-corrected chi connectivity index (χ4v) is 2.50. The van der Waals surface area contributed by atoms with E-state index in [-0.39, 0.29) is 18.3 Å². The molecule has 1 aliphatic rings. The Bertz CT molecular complexity index is 434. The normalized spacial score (nSPS) is 18.5. The smallest absolute Gasteiger partial charge is 0.252 e. The lowest BCUT2D eigenvalue weighted by Gasteiger charge is -2.22. The molecule has 3 nitrogen and oxygen atoms in total. The Balaban J connectivity index is 0.00000180. The Kier molecular flexibility index (Phi) is 6.94. The highest BCUT2D eigenvalue weighted by Gasteiger charge is 2.16. The molecule has 1 saturated heterocycles. The molecule has 1 aromatic rings. The first-order valence-electron chi connectivity index (χ1n) is 6.11. The third-order valence-electron chi connectivity index (χ3n) is 3.15. The number of hydrogen-bond donors (Lipinski definition) is 2. The molecule has 106 valence electrons. The third-order valence-corrected chi connectivity index (χ3v) is 3.97. The summed E-state index contributed by atoms with van der Waals surface area (Å²) in [4.78, 5) is 12.0. The number of rotatable bonds is 3. The van der Waals surface area contributed by atoms with Crippen LogP contribution < -0.4 is 10.6 Å². The van der Waals surface area contributed by atoms with Crippen molar-refractivity contribution < 1.29 is 4.79 Å². The third kappa shape index (κ3) is 4.53. The van der Waals surface area contributed by atoms with Crippen molar-refractivity contribution >= 4 is 41.5 Å². The van der Waals surface area contributed by atoms with Crippen LogP contribution in [0.3, 0.4) is 0 Å². The SMILES string of the molecule is Cl.O=C(NCC1CCCNC1)c1cccc(Cl)c1Cl. The zero-order valence-corrected chi connectivity index (χ0v) is 12.7. The second-order valence-electron chi connectivity index (χ2n) is 4.52. The quantitative estimate of drug-likeness (QED) is 0.897. The Hall–Kier alpha value is -0.480. The van der Waals surface area contributed by atoms with E-state index in [1.54, 1.807) is 18.2 Å². The molecular formula is C13H17Cl3N2O. The van der Waals surface area contributed by atoms with Gasteiger partial charge in [-0.2, -0.15) is 0 Å². The molecule has 1 atom stereocenters. The Morgan fingerprint density at radius 3 is 2.89 bits per heavy atom. The second-order valence-corrected chi connectivity index (χ2v) is 5.31. The Labute approximate surface area is 129 Å². The van der Waals surface area contributed by atoms with Crippen LogP contribution in [-0.2, 0) is 0 Å². The fraction of sp³-hybridized carbons (Fsp3) is 0.462. The second kappa shape index (κ2) is 7.95. The highest BCUT2D eigenvalue weighted by atomic mass is 35.5. The van der Waals surface area contributed by atoms with Crippen molar-refractivity contribution in [2.75, 3.05) is 19.6 Å². The number of hydrogen-bond acceptors (Lipinski definition) is 2. The summed E-state index contributed by atoms with van der Waals surface area (Å²) in [5.41, 5.74) is 0.438. The summed E-state index contributed by atoms with van der Waals surface area (Å²) in [7, 11) is 0. The van der Waals surface area contributed by atoms with Gasteiger partial charge in [-0.25, -0.2) is 0 Å². The van der Waals surface area contributed by atoms with Crippen LogP contribution in [0.2, 0.25) is 10.0 Å². The van der Waals surface area contributed by atoms with E-state index >= 15 is 0 Å². The van der Waals surface area contributed by atoms with E-state index in [9.17, 15) is 4.79 Å². The molecule has 1 amide bonds. The number of amides is 1. The average molecular weight is 324 g/mol. The maximum absolute atomic E-state index is 12.0. The molecule has 2 N–H and O–H groups in total. The van der Waals surface area contributed by atoms with Crippen molar-refractivity contribution in [1.29, 1.82) is 0 Å². The first-order valence-corrected chi connectivity index (χ1v) is 6.87. The molecule has 0 spiro atoms. The number of halogens is 3. The van der Waals surface area contributed by atoms with Gasteiger partial charge >= 0.3 is 0 Å². The molecule has 1 aliphatic heterocycles. The zero-order chi connectivity index (χ0) is 13.0. The van der Waals surface area contributed by atoms with Gasteiger partial charge in [0.25, 0.3) is 5.91 Å². The lowest BCUT2D eigenvalue weighted by Crippen LogP contribution is -2.38. The fourth-order valence-electron chi connectivity index (χ4n) is 2.11. The minimum absolute atomic E-state index is 0. The highest BCUT2D eigenvalue weighted by molar-refractivity contribution is 6.43. The molecular weight excluding hydrogens is 307 g/mol. The molecule has 6 heteroatoms. The van der Waals surface area contributed by atoms with Gasteiger partial charge in [-0.3, -0.25) is 4.79 Å². The molecule has 0 aromatic heterocycles. The summed E-state index contributed by atoms with van der Waals surface area (Å²) >= 11 is 11.9. The highest BCUT2D eigenvalue weighted by Crippen LogP contribution is 2.25. The summed E-state index contributed by atoms with van der Waals surface area (Å²) in [5.74, 6) is 0.341. The van der Waals surface area contributed by atoms with Gasteiger partial charge in [0.1, 0.15) is 0 Å². The van der Waals surface area contributed by atoms with Crippen LogP contribution in [0, 0.1) is 5.92 Å². The van der Waals surface area contributed by atoms with E-state index < -0.39 is 0 Å². The molecule has 2 rings (SSSR count). The van der Waals surface area contributed by atoms with E-state index in [1.165, 1.54) is 6.42 Å². The predicted octanol–water partition coefficient (Wildman–Crippen LogP) is 3.14. The van der Waals surface area contributed by atoms with Crippen LogP contribution in [-0.4, -0.2) is 25.5 Å². The van der Waals surface area contributed by atoms with Crippen molar-refractivity contribution in [3.05, 3.63) is 33.8 Å². The monoisotopic (exact) mass is 322 g/mol. The summed E-state index contributed by atoms with van der Waals surface area (Å²) in [6.45, 7) is 2.71. The van der Waals surface area contributed by atoms with E-state index in [1.807, 2.05) is 0 Å². The minimum Gasteiger partial charge on any atom is -0.352 e. The van der Waals surface area contributed by atoms with Crippen LogP contribution in [0.1, 0.15) is 23.2 Å². The molecule has 0 aliphatic carbocycles. The summed E-state index contributed by atoms with van der Waals surface area (Å²) < 4.78 is 0. The molecule has 1 heterocycles. The molecule has 19 heavy (non-hydrogen) atoms. The number of carbonyl (C=O) groups is 1. The van der Waals surface area contributed by atoms with Crippen LogP contribution >= 0.6 is 35.6 Å². The standard InChI is InChI=1S/C13H16Cl2N2O.ClH/c14-11-5-1-4-10(12(11)15)13(18)17-8-9-3-2-6-16-7-9;/h1,4-5,9,16H,2-3,6-8H2,(H,17,18);1H. The summed E-state index contributed by atoms with van der Waals surface area (Å²) in [6.07, 6.45) is 2.31. The predicted molar refractivity (Wildman–Crippen MR) is 81.6 cm³/mol. The van der Waals surface area contributed by atoms with Crippen molar-refractivity contribution in [2.45, 2.75) is 12.8 Å². The van der Waals surface area contributed by atoms with Crippen molar-refractivity contribution in [2.24, 2.45) is 5.92 Å². The molecule has 0 radical (unpaired) electrons. The molecule has 0 saturated carbocycles. The molecule has 0 bridgehead atoms. The zero-order valence-electron chi connectivity index (χ0n) is 10.4. The largest absolute Gasteiger partial charge is 0.352 e. The van der Waals surface area contributed by atoms with Crippen LogP contribution in [0.25, 0.3) is 0 Å². The van der Waals surface area contributed by atoms with Gasteiger partial charge in [0.2, 0.25) is 0 Å². The first kappa shape index (κ1) is 16.6. The maximum atomic E-state index is 12.0. The Morgan fingerprint density at radius 1 is 1.42 bits per heavy atom. The van der Waals surface area contributed by atoms with Crippen LogP contribution in [0.4, 0.5) is 0 Å². The number of nitrogens with one attached hydrogen (secondary N) is 2. The van der Waals surface area contributed by atoms with Gasteiger partial charge in [0.05, 0.1) is 15.6 Å². The number of benzene rings is 1. The molecule has 1 unspecified atom stereocenters. The van der Waals surface area contributed by atoms with Gasteiger partial charge in [-0.1, -0.05) is 29.3 Å². The number of piperidine rings is 1. The lowest BCUT2D eigenvalue weighted by atomic mass is 10.00. The van der Waals surface area contributed by atoms with E-state index in [4.69, 9.17) is 23.2 Å². The minimum atomic E-state index is -0.159. The van der Waals surface area contributed by atoms with Crippen LogP contribution in [0.5, 0.6) is 0 Å². The van der Waals surface area contributed by atoms with Gasteiger partial charge in [0, 0.05) is 6.54 Å². The van der Waals surface area contributed by atoms with Crippen molar-refractivity contribution in [3.8, 4) is 0 Å². The van der Waals surface area contributed by atoms with Gasteiger partial charge in [0.15, 0.2) is 0 Å². The number of carbonyl (C=O) groups excluding carboxylic acids is 1. The maximum Gasteiger partial charge on any atom is 0.252 e. The van der Waals surface area contributed by atoms with E-state index in [0.29, 0.717) is 28.1 Å². The average Bonchev–Trinajstić information content (AvgIpc) is 2.40. The summed E-state index contributed by atoms with van der Waals surface area (Å²) in [5, 5.41) is 6.96. The topological polar surface area (TPSA) is 41.1 Å². The first-order chi connectivity index (χ1) is 8.68. The van der Waals surface area contributed by atoms with Crippen molar-refractivity contribution in [1.82, 2.24) is 10.6 Å². The summed E-state index contributed by atoms with van der Waals surface area (Å²) in [6, 6.07) is 5.08. The van der Waals surface area contributed by atoms with E-state index in [2.05, 4.69) is 10.6 Å². The lowest BCUT2D eigenvalue weighted by molar-refractivity contribution is 0.0945. The van der Waals surface area contributed by atoms with Gasteiger partial charge < -0.3 is 10.6 Å². The van der Waals surface area contributed by atoms with E-state index in [0.717, 1.165) is 19.5 Å². The van der Waals surface area contributed by atoms with Crippen molar-refractivity contribution in [3.63, 3.8) is 0 Å².